The molecule has 1 atom stereocenters. The van der Waals surface area contributed by atoms with Crippen molar-refractivity contribution < 1.29 is 19.4 Å². The molecule has 0 spiro atoms. The van der Waals surface area contributed by atoms with E-state index in [9.17, 15) is 14.7 Å². The van der Waals surface area contributed by atoms with Gasteiger partial charge in [0.2, 0.25) is 5.91 Å². The Hall–Kier alpha value is -2.19. The van der Waals surface area contributed by atoms with Gasteiger partial charge in [0.25, 0.3) is 0 Å². The number of unbranched alkanes of at least 4 members (excludes halogenated alkanes) is 1. The number of carboxylic acid groups (broad SMARTS) is 1. The van der Waals surface area contributed by atoms with Crippen LogP contribution in [0, 0.1) is 5.92 Å². The number of nitrogens with one attached hydrogen (secondary N) is 2. The van der Waals surface area contributed by atoms with Crippen molar-refractivity contribution >= 4 is 17.7 Å². The molecule has 1 aromatic rings. The second kappa shape index (κ2) is 15.0. The van der Waals surface area contributed by atoms with Crippen LogP contribution < -0.4 is 10.6 Å². The monoisotopic (exact) mass is 488 g/mol. The summed E-state index contributed by atoms with van der Waals surface area (Å²) in [6.45, 7) is 3.83. The highest BCUT2D eigenvalue weighted by Gasteiger charge is 2.23. The number of carbonyl (C=O) groups excluding carboxylic acids is 1. The summed E-state index contributed by atoms with van der Waals surface area (Å²) < 4.78 is 5.26. The van der Waals surface area contributed by atoms with Gasteiger partial charge in [-0.3, -0.25) is 4.79 Å². The molecule has 8 nitrogen and oxygen atoms in total. The summed E-state index contributed by atoms with van der Waals surface area (Å²) in [5.74, 6) is 0.359. The van der Waals surface area contributed by atoms with Crippen LogP contribution in [-0.2, 0) is 27.2 Å². The molecule has 0 aromatic carbocycles. The number of carboxylic acids is 1. The molecule has 1 fully saturated rings. The Bertz CT molecular complexity index is 797. The van der Waals surface area contributed by atoms with E-state index in [1.165, 1.54) is 24.8 Å². The Morgan fingerprint density at radius 3 is 2.77 bits per heavy atom. The second-order valence-electron chi connectivity index (χ2n) is 10.1. The van der Waals surface area contributed by atoms with Crippen molar-refractivity contribution in [3.63, 3.8) is 0 Å². The summed E-state index contributed by atoms with van der Waals surface area (Å²) in [6, 6.07) is 3.49. The van der Waals surface area contributed by atoms with E-state index >= 15 is 0 Å². The smallest absolute Gasteiger partial charge is 0.326 e. The van der Waals surface area contributed by atoms with E-state index < -0.39 is 12.0 Å². The maximum Gasteiger partial charge on any atom is 0.326 e. The Morgan fingerprint density at radius 1 is 1.17 bits per heavy atom. The van der Waals surface area contributed by atoms with Crippen LogP contribution in [0.1, 0.15) is 75.5 Å². The largest absolute Gasteiger partial charge is 0.480 e. The van der Waals surface area contributed by atoms with Gasteiger partial charge in [0.1, 0.15) is 11.9 Å². The molecule has 1 aliphatic heterocycles. The fraction of sp³-hybridized carbons (Fsp3) is 0.741. The van der Waals surface area contributed by atoms with Crippen LogP contribution in [0.4, 0.5) is 5.82 Å². The SMILES string of the molecule is COCCN(CCCCc1ccc2c(n1)NCCC2)CCC(NC(=O)CC1CCCCC1)C(=O)O. The first-order valence-electron chi connectivity index (χ1n) is 13.5. The molecule has 1 unspecified atom stereocenters. The molecule has 8 heteroatoms. The minimum Gasteiger partial charge on any atom is -0.480 e. The average molecular weight is 489 g/mol. The van der Waals surface area contributed by atoms with Crippen LogP contribution in [0.2, 0.25) is 0 Å². The maximum absolute atomic E-state index is 12.5. The van der Waals surface area contributed by atoms with Gasteiger partial charge in [0.05, 0.1) is 6.61 Å². The molecule has 35 heavy (non-hydrogen) atoms. The number of methoxy groups -OCH3 is 1. The molecule has 2 heterocycles. The van der Waals surface area contributed by atoms with Gasteiger partial charge in [-0.2, -0.15) is 0 Å². The van der Waals surface area contributed by atoms with Crippen molar-refractivity contribution in [2.45, 2.75) is 83.1 Å². The molecule has 1 saturated carbocycles. The third kappa shape index (κ3) is 9.76. The van der Waals surface area contributed by atoms with Crippen molar-refractivity contribution in [2.24, 2.45) is 5.92 Å². The van der Waals surface area contributed by atoms with E-state index in [2.05, 4.69) is 27.7 Å². The number of hydrogen-bond donors (Lipinski definition) is 3. The fourth-order valence-electron chi connectivity index (χ4n) is 5.18. The van der Waals surface area contributed by atoms with Crippen LogP contribution in [0.3, 0.4) is 0 Å². The minimum atomic E-state index is -0.958. The molecule has 1 aromatic heterocycles. The highest BCUT2D eigenvalue weighted by atomic mass is 16.5. The lowest BCUT2D eigenvalue weighted by Gasteiger charge is -2.25. The average Bonchev–Trinajstić information content (AvgIpc) is 2.87. The quantitative estimate of drug-likeness (QED) is 0.324. The van der Waals surface area contributed by atoms with Crippen molar-refractivity contribution in [3.8, 4) is 0 Å². The summed E-state index contributed by atoms with van der Waals surface area (Å²) >= 11 is 0. The maximum atomic E-state index is 12.5. The van der Waals surface area contributed by atoms with Gasteiger partial charge in [0, 0.05) is 38.9 Å². The van der Waals surface area contributed by atoms with Gasteiger partial charge < -0.3 is 25.4 Å². The molecule has 1 amide bonds. The number of carbonyl (C=O) groups is 2. The number of anilines is 1. The van der Waals surface area contributed by atoms with Crippen molar-refractivity contribution in [1.29, 1.82) is 0 Å². The summed E-state index contributed by atoms with van der Waals surface area (Å²) in [5.41, 5.74) is 2.43. The highest BCUT2D eigenvalue weighted by molar-refractivity contribution is 5.83. The number of fused-ring (bicyclic) bond motifs is 1. The Labute approximate surface area is 210 Å². The minimum absolute atomic E-state index is 0.125. The second-order valence-corrected chi connectivity index (χ2v) is 10.1. The van der Waals surface area contributed by atoms with Crippen LogP contribution in [-0.4, -0.2) is 72.8 Å². The molecule has 3 N–H and O–H groups in total. The lowest BCUT2D eigenvalue weighted by molar-refractivity contribution is -0.142. The van der Waals surface area contributed by atoms with E-state index in [0.29, 0.717) is 31.9 Å². The molecular weight excluding hydrogens is 444 g/mol. The highest BCUT2D eigenvalue weighted by Crippen LogP contribution is 2.26. The number of aliphatic carboxylic acids is 1. The van der Waals surface area contributed by atoms with Crippen LogP contribution in [0.25, 0.3) is 0 Å². The predicted molar refractivity (Wildman–Crippen MR) is 138 cm³/mol. The topological polar surface area (TPSA) is 104 Å². The Morgan fingerprint density at radius 2 is 2.00 bits per heavy atom. The third-order valence-corrected chi connectivity index (χ3v) is 7.29. The molecule has 3 rings (SSSR count). The number of hydrogen-bond acceptors (Lipinski definition) is 6. The molecule has 0 radical (unpaired) electrons. The third-order valence-electron chi connectivity index (χ3n) is 7.29. The first-order chi connectivity index (χ1) is 17.0. The molecule has 196 valence electrons. The number of amides is 1. The fourth-order valence-corrected chi connectivity index (χ4v) is 5.18. The lowest BCUT2D eigenvalue weighted by Crippen LogP contribution is -2.44. The normalized spacial score (nSPS) is 17.0. The first-order valence-corrected chi connectivity index (χ1v) is 13.5. The van der Waals surface area contributed by atoms with E-state index in [4.69, 9.17) is 9.72 Å². The van der Waals surface area contributed by atoms with Gasteiger partial charge >= 0.3 is 5.97 Å². The van der Waals surface area contributed by atoms with Gasteiger partial charge in [-0.25, -0.2) is 9.78 Å². The number of rotatable bonds is 15. The number of ether oxygens (including phenoxy) is 1. The zero-order valence-electron chi connectivity index (χ0n) is 21.4. The summed E-state index contributed by atoms with van der Waals surface area (Å²) in [6.07, 6.45) is 11.8. The van der Waals surface area contributed by atoms with Crippen molar-refractivity contribution in [2.75, 3.05) is 45.2 Å². The molecular formula is C27H44N4O4. The van der Waals surface area contributed by atoms with Gasteiger partial charge in [0.15, 0.2) is 0 Å². The number of nitrogens with zero attached hydrogens (tertiary/aromatic N) is 2. The van der Waals surface area contributed by atoms with Crippen molar-refractivity contribution in [1.82, 2.24) is 15.2 Å². The lowest BCUT2D eigenvalue weighted by atomic mass is 9.87. The van der Waals surface area contributed by atoms with Gasteiger partial charge in [-0.05, 0) is 75.5 Å². The van der Waals surface area contributed by atoms with Gasteiger partial charge in [-0.15, -0.1) is 0 Å². The molecule has 1 aliphatic carbocycles. The van der Waals surface area contributed by atoms with Gasteiger partial charge in [-0.1, -0.05) is 25.3 Å². The summed E-state index contributed by atoms with van der Waals surface area (Å²) in [5, 5.41) is 15.8. The van der Waals surface area contributed by atoms with E-state index in [1.807, 2.05) is 0 Å². The first kappa shape index (κ1) is 27.4. The Balaban J connectivity index is 1.41. The van der Waals surface area contributed by atoms with E-state index in [-0.39, 0.29) is 5.91 Å². The van der Waals surface area contributed by atoms with Crippen LogP contribution >= 0.6 is 0 Å². The van der Waals surface area contributed by atoms with Crippen LogP contribution in [0.15, 0.2) is 12.1 Å². The zero-order chi connectivity index (χ0) is 24.9. The van der Waals surface area contributed by atoms with E-state index in [0.717, 1.165) is 76.1 Å². The van der Waals surface area contributed by atoms with Crippen LogP contribution in [0.5, 0.6) is 0 Å². The van der Waals surface area contributed by atoms with Crippen molar-refractivity contribution in [3.05, 3.63) is 23.4 Å². The predicted octanol–water partition coefficient (Wildman–Crippen LogP) is 3.64. The Kier molecular flexibility index (Phi) is 11.8. The molecule has 2 aliphatic rings. The summed E-state index contributed by atoms with van der Waals surface area (Å²) in [4.78, 5) is 31.3. The number of aromatic nitrogens is 1. The number of pyridine rings is 1. The van der Waals surface area contributed by atoms with E-state index in [1.54, 1.807) is 7.11 Å². The molecule has 0 saturated heterocycles. The molecule has 0 bridgehead atoms. The number of aryl methyl sites for hydroxylation is 2. The summed E-state index contributed by atoms with van der Waals surface area (Å²) in [7, 11) is 1.68. The zero-order valence-corrected chi connectivity index (χ0v) is 21.4. The standard InChI is InChI=1S/C27H44N4O4/c1-35-19-18-31(16-6-5-11-23-13-12-22-10-7-15-28-26(22)29-23)17-14-24(27(33)34)30-25(32)20-21-8-3-2-4-9-21/h12-13,21,24H,2-11,14-20H2,1H3,(H,28,29)(H,30,32)(H,33,34).